The average molecular weight is 270 g/mol. The molecule has 16 heavy (non-hydrogen) atoms. The van der Waals surface area contributed by atoms with Crippen molar-refractivity contribution in [3.8, 4) is 0 Å². The van der Waals surface area contributed by atoms with Crippen molar-refractivity contribution < 1.29 is 18.1 Å². The van der Waals surface area contributed by atoms with Gasteiger partial charge in [-0.25, -0.2) is 4.57 Å². The number of quaternary nitrogens is 1. The second kappa shape index (κ2) is 7.02. The van der Waals surface area contributed by atoms with Crippen LogP contribution >= 0.6 is 18.2 Å². The molecule has 0 aliphatic rings. The highest BCUT2D eigenvalue weighted by molar-refractivity contribution is 8.55. The quantitative estimate of drug-likeness (QED) is 0.502. The molecular weight excluding hydrogens is 245 g/mol. The smallest absolute Gasteiger partial charge is 0.330 e. The van der Waals surface area contributed by atoms with Crippen LogP contribution in [-0.2, 0) is 13.6 Å². The van der Waals surface area contributed by atoms with E-state index in [1.54, 1.807) is 0 Å². The van der Waals surface area contributed by atoms with Gasteiger partial charge in [0.05, 0.1) is 46.2 Å². The van der Waals surface area contributed by atoms with Gasteiger partial charge in [-0.1, -0.05) is 0 Å². The van der Waals surface area contributed by atoms with E-state index in [4.69, 9.17) is 9.05 Å². The van der Waals surface area contributed by atoms with Crippen molar-refractivity contribution in [2.45, 2.75) is 26.0 Å². The van der Waals surface area contributed by atoms with Gasteiger partial charge in [0.2, 0.25) is 0 Å². The van der Waals surface area contributed by atoms with E-state index in [-0.39, 0.29) is 5.25 Å². The Hall–Kier alpha value is 0.460. The van der Waals surface area contributed by atoms with Crippen LogP contribution < -0.4 is 0 Å². The first-order chi connectivity index (χ1) is 7.22. The molecule has 0 amide bonds. The van der Waals surface area contributed by atoms with Crippen LogP contribution in [0.4, 0.5) is 0 Å². The average Bonchev–Trinajstić information content (AvgIpc) is 1.99. The van der Waals surface area contributed by atoms with E-state index >= 15 is 0 Å². The minimum Gasteiger partial charge on any atom is -0.330 e. The summed E-state index contributed by atoms with van der Waals surface area (Å²) in [7, 11) is 6.34. The fourth-order valence-corrected chi connectivity index (χ4v) is 5.74. The zero-order chi connectivity index (χ0) is 12.8. The van der Waals surface area contributed by atoms with E-state index in [0.717, 1.165) is 11.0 Å². The second-order valence-corrected chi connectivity index (χ2v) is 9.07. The van der Waals surface area contributed by atoms with Crippen molar-refractivity contribution in [2.24, 2.45) is 0 Å². The molecule has 98 valence electrons. The van der Waals surface area contributed by atoms with Gasteiger partial charge in [0, 0.05) is 0 Å². The van der Waals surface area contributed by atoms with Crippen LogP contribution in [0, 0.1) is 0 Å². The van der Waals surface area contributed by atoms with Gasteiger partial charge in [0.25, 0.3) is 0 Å². The zero-order valence-electron chi connectivity index (χ0n) is 11.2. The number of nitrogens with zero attached hydrogens (tertiary/aromatic N) is 1. The van der Waals surface area contributed by atoms with E-state index in [0.29, 0.717) is 13.2 Å². The molecule has 0 aromatic carbocycles. The molecule has 0 aromatic rings. The monoisotopic (exact) mass is 270 g/mol. The summed E-state index contributed by atoms with van der Waals surface area (Å²) < 4.78 is 23.5. The Kier molecular flexibility index (Phi) is 7.22. The number of hydrogen-bond acceptors (Lipinski definition) is 4. The van der Waals surface area contributed by atoms with Gasteiger partial charge in [-0.3, -0.25) is 0 Å². The minimum absolute atomic E-state index is 0.240. The van der Waals surface area contributed by atoms with Crippen molar-refractivity contribution in [3.63, 3.8) is 0 Å². The summed E-state index contributed by atoms with van der Waals surface area (Å²) in [5.74, 6) is 0. The molecule has 6 heteroatoms. The Bertz CT molecular complexity index is 233. The summed E-state index contributed by atoms with van der Waals surface area (Å²) in [6.07, 6.45) is 0. The van der Waals surface area contributed by atoms with Crippen LogP contribution in [0.3, 0.4) is 0 Å². The first-order valence-electron chi connectivity index (χ1n) is 5.60. The van der Waals surface area contributed by atoms with Gasteiger partial charge in [-0.15, -0.1) is 0 Å². The molecule has 0 spiro atoms. The first kappa shape index (κ1) is 16.5. The van der Waals surface area contributed by atoms with Crippen LogP contribution in [0.2, 0.25) is 0 Å². The van der Waals surface area contributed by atoms with E-state index in [1.165, 1.54) is 11.4 Å². The number of rotatable bonds is 8. The van der Waals surface area contributed by atoms with E-state index in [9.17, 15) is 4.57 Å². The molecule has 4 nitrogen and oxygen atoms in total. The topological polar surface area (TPSA) is 35.5 Å². The van der Waals surface area contributed by atoms with Crippen LogP contribution in [0.25, 0.3) is 0 Å². The van der Waals surface area contributed by atoms with Crippen LogP contribution in [0.15, 0.2) is 0 Å². The predicted molar refractivity (Wildman–Crippen MR) is 70.8 cm³/mol. The SMILES string of the molecule is CCOP(=O)(OCC)SC(C)C[N+](C)(C)C. The van der Waals surface area contributed by atoms with Gasteiger partial charge >= 0.3 is 6.80 Å². The molecule has 0 N–H and O–H groups in total. The van der Waals surface area contributed by atoms with Gasteiger partial charge < -0.3 is 13.5 Å². The molecule has 0 rings (SSSR count). The fraction of sp³-hybridized carbons (Fsp3) is 1.00. The molecular formula is C10H25NO3PS+. The minimum atomic E-state index is -2.95. The maximum Gasteiger partial charge on any atom is 0.389 e. The summed E-state index contributed by atoms with van der Waals surface area (Å²) in [6, 6.07) is 0. The van der Waals surface area contributed by atoms with Gasteiger partial charge in [-0.2, -0.15) is 0 Å². The standard InChI is InChI=1S/C10H25NO3PS/c1-7-13-15(12,14-8-2)16-10(3)9-11(4,5)6/h10H,7-9H2,1-6H3/q+1. The third-order valence-corrected chi connectivity index (χ3v) is 6.09. The number of hydrogen-bond donors (Lipinski definition) is 0. The van der Waals surface area contributed by atoms with Gasteiger partial charge in [0.1, 0.15) is 0 Å². The van der Waals surface area contributed by atoms with Crippen molar-refractivity contribution >= 4 is 18.2 Å². The summed E-state index contributed by atoms with van der Waals surface area (Å²) in [5, 5.41) is 0.240. The molecule has 0 heterocycles. The lowest BCUT2D eigenvalue weighted by atomic mass is 10.4. The fourth-order valence-electron chi connectivity index (χ4n) is 1.44. The van der Waals surface area contributed by atoms with Crippen LogP contribution in [0.1, 0.15) is 20.8 Å². The van der Waals surface area contributed by atoms with Gasteiger partial charge in [-0.05, 0) is 32.2 Å². The molecule has 1 unspecified atom stereocenters. The van der Waals surface area contributed by atoms with Crippen molar-refractivity contribution in [3.05, 3.63) is 0 Å². The molecule has 0 aliphatic carbocycles. The molecule has 1 atom stereocenters. The molecule has 0 aliphatic heterocycles. The highest BCUT2D eigenvalue weighted by atomic mass is 32.7. The zero-order valence-corrected chi connectivity index (χ0v) is 12.9. The molecule has 0 aromatic heterocycles. The van der Waals surface area contributed by atoms with Crippen molar-refractivity contribution in [1.29, 1.82) is 0 Å². The second-order valence-electron chi connectivity index (χ2n) is 4.67. The molecule has 0 radical (unpaired) electrons. The summed E-state index contributed by atoms with van der Waals surface area (Å²) >= 11 is 1.32. The molecule has 0 bridgehead atoms. The van der Waals surface area contributed by atoms with E-state index in [1.807, 2.05) is 13.8 Å². The van der Waals surface area contributed by atoms with Crippen LogP contribution in [-0.4, -0.2) is 50.6 Å². The Morgan fingerprint density at radius 3 is 1.94 bits per heavy atom. The van der Waals surface area contributed by atoms with Crippen LogP contribution in [0.5, 0.6) is 0 Å². The van der Waals surface area contributed by atoms with Crippen molar-refractivity contribution in [1.82, 2.24) is 0 Å². The first-order valence-corrected chi connectivity index (χ1v) is 8.63. The van der Waals surface area contributed by atoms with Gasteiger partial charge in [0.15, 0.2) is 0 Å². The molecule has 0 saturated heterocycles. The maximum absolute atomic E-state index is 12.2. The predicted octanol–water partition coefficient (Wildman–Crippen LogP) is 3.00. The highest BCUT2D eigenvalue weighted by Crippen LogP contribution is 2.62. The summed E-state index contributed by atoms with van der Waals surface area (Å²) in [4.78, 5) is 0. The maximum atomic E-state index is 12.2. The highest BCUT2D eigenvalue weighted by Gasteiger charge is 2.29. The van der Waals surface area contributed by atoms with E-state index in [2.05, 4.69) is 28.1 Å². The normalized spacial score (nSPS) is 15.1. The largest absolute Gasteiger partial charge is 0.389 e. The lowest BCUT2D eigenvalue weighted by Gasteiger charge is -2.28. The molecule has 0 fully saturated rings. The Balaban J connectivity index is 4.34. The third kappa shape index (κ3) is 7.69. The van der Waals surface area contributed by atoms with E-state index < -0.39 is 6.80 Å². The Morgan fingerprint density at radius 1 is 1.19 bits per heavy atom. The lowest BCUT2D eigenvalue weighted by Crippen LogP contribution is -2.39. The third-order valence-electron chi connectivity index (χ3n) is 1.69. The Morgan fingerprint density at radius 2 is 1.62 bits per heavy atom. The molecule has 0 saturated carbocycles. The summed E-state index contributed by atoms with van der Waals surface area (Å²) in [6.45, 7) is 4.52. The summed E-state index contributed by atoms with van der Waals surface area (Å²) in [5.41, 5.74) is 0. The lowest BCUT2D eigenvalue weighted by molar-refractivity contribution is -0.869. The Labute approximate surface area is 104 Å². The van der Waals surface area contributed by atoms with Crippen molar-refractivity contribution in [2.75, 3.05) is 40.9 Å².